The van der Waals surface area contributed by atoms with E-state index in [1.165, 1.54) is 7.05 Å². The molecule has 1 unspecified atom stereocenters. The van der Waals surface area contributed by atoms with Crippen LogP contribution in [0.25, 0.3) is 0 Å². The first-order valence-corrected chi connectivity index (χ1v) is 6.01. The lowest BCUT2D eigenvalue weighted by Gasteiger charge is -2.10. The van der Waals surface area contributed by atoms with Gasteiger partial charge in [0, 0.05) is 24.3 Å². The number of likely N-dealkylation sites (tertiary alicyclic amines) is 1. The van der Waals surface area contributed by atoms with Crippen LogP contribution in [-0.4, -0.2) is 34.8 Å². The van der Waals surface area contributed by atoms with Crippen molar-refractivity contribution in [3.8, 4) is 0 Å². The minimum absolute atomic E-state index is 0.142. The summed E-state index contributed by atoms with van der Waals surface area (Å²) in [6, 6.07) is 3.33. The molecule has 1 N–H and O–H groups in total. The number of nitrogens with one attached hydrogen (secondary N) is 1. The van der Waals surface area contributed by atoms with Gasteiger partial charge in [-0.05, 0) is 28.1 Å². The van der Waals surface area contributed by atoms with E-state index in [2.05, 4.69) is 26.2 Å². The number of nitrogens with zero attached hydrogens (tertiary/aromatic N) is 2. The summed E-state index contributed by atoms with van der Waals surface area (Å²) in [5.74, 6) is -0.316. The summed E-state index contributed by atoms with van der Waals surface area (Å²) in [5.41, 5.74) is 0.836. The van der Waals surface area contributed by atoms with Gasteiger partial charge in [0.05, 0.1) is 18.2 Å². The maximum Gasteiger partial charge on any atom is 0.246 e. The Bertz CT molecular complexity index is 447. The van der Waals surface area contributed by atoms with Gasteiger partial charge in [-0.15, -0.1) is 0 Å². The molecular formula is C11H12BrN3O2. The fourth-order valence-corrected chi connectivity index (χ4v) is 1.89. The number of hydrogen-bond donors (Lipinski definition) is 1. The lowest BCUT2D eigenvalue weighted by atomic mass is 10.2. The van der Waals surface area contributed by atoms with Crippen molar-refractivity contribution < 1.29 is 9.59 Å². The molecule has 1 atom stereocenters. The van der Waals surface area contributed by atoms with E-state index < -0.39 is 6.04 Å². The van der Waals surface area contributed by atoms with Crippen molar-refractivity contribution in [1.82, 2.24) is 15.2 Å². The molecular weight excluding hydrogens is 286 g/mol. The minimum Gasteiger partial charge on any atom is -0.300 e. The van der Waals surface area contributed by atoms with Crippen LogP contribution in [0.1, 0.15) is 12.1 Å². The highest BCUT2D eigenvalue weighted by molar-refractivity contribution is 9.10. The normalized spacial score (nSPS) is 20.1. The maximum absolute atomic E-state index is 11.6. The molecule has 6 heteroatoms. The molecule has 1 saturated heterocycles. The van der Waals surface area contributed by atoms with Crippen molar-refractivity contribution in [2.75, 3.05) is 7.05 Å². The number of likely N-dealkylation sites (N-methyl/N-ethyl adjacent to an activating group) is 1. The molecule has 1 fully saturated rings. The van der Waals surface area contributed by atoms with Crippen LogP contribution < -0.4 is 5.32 Å². The molecule has 0 spiro atoms. The van der Waals surface area contributed by atoms with Crippen molar-refractivity contribution in [2.45, 2.75) is 19.0 Å². The lowest BCUT2D eigenvalue weighted by molar-refractivity contribution is -0.137. The third-order valence-corrected chi connectivity index (χ3v) is 3.17. The highest BCUT2D eigenvalue weighted by Gasteiger charge is 2.35. The Labute approximate surface area is 107 Å². The zero-order valence-corrected chi connectivity index (χ0v) is 10.9. The Morgan fingerprint density at radius 2 is 2.29 bits per heavy atom. The van der Waals surface area contributed by atoms with Crippen molar-refractivity contribution in [2.24, 2.45) is 0 Å². The van der Waals surface area contributed by atoms with E-state index in [9.17, 15) is 9.59 Å². The van der Waals surface area contributed by atoms with Crippen LogP contribution in [0.15, 0.2) is 22.8 Å². The summed E-state index contributed by atoms with van der Waals surface area (Å²) in [5, 5.41) is 3.04. The second-order valence-corrected chi connectivity index (χ2v) is 4.81. The Balaban J connectivity index is 1.93. The molecule has 1 aromatic rings. The van der Waals surface area contributed by atoms with E-state index in [0.717, 1.165) is 15.1 Å². The van der Waals surface area contributed by atoms with E-state index in [0.29, 0.717) is 6.54 Å². The summed E-state index contributed by atoms with van der Waals surface area (Å²) in [4.78, 5) is 28.2. The predicted molar refractivity (Wildman–Crippen MR) is 65.0 cm³/mol. The average Bonchev–Trinajstić information content (AvgIpc) is 2.56. The second-order valence-electron chi connectivity index (χ2n) is 3.90. The van der Waals surface area contributed by atoms with Crippen LogP contribution in [0.2, 0.25) is 0 Å². The van der Waals surface area contributed by atoms with Crippen molar-refractivity contribution in [1.29, 1.82) is 0 Å². The molecule has 0 saturated carbocycles. The summed E-state index contributed by atoms with van der Waals surface area (Å²) < 4.78 is 0.910. The number of aromatic nitrogens is 1. The molecule has 2 rings (SSSR count). The number of amides is 2. The number of pyridine rings is 1. The number of imide groups is 1. The van der Waals surface area contributed by atoms with Gasteiger partial charge in [0.1, 0.15) is 0 Å². The molecule has 1 aromatic heterocycles. The topological polar surface area (TPSA) is 62.3 Å². The van der Waals surface area contributed by atoms with E-state index in [-0.39, 0.29) is 18.2 Å². The van der Waals surface area contributed by atoms with E-state index >= 15 is 0 Å². The molecule has 17 heavy (non-hydrogen) atoms. The Hall–Kier alpha value is -1.27. The number of hydrogen-bond acceptors (Lipinski definition) is 4. The Kier molecular flexibility index (Phi) is 3.54. The average molecular weight is 298 g/mol. The van der Waals surface area contributed by atoms with Gasteiger partial charge in [0.2, 0.25) is 11.8 Å². The minimum atomic E-state index is -0.419. The first-order chi connectivity index (χ1) is 8.08. The largest absolute Gasteiger partial charge is 0.300 e. The summed E-state index contributed by atoms with van der Waals surface area (Å²) in [6.07, 6.45) is 1.93. The molecule has 0 aliphatic carbocycles. The third kappa shape index (κ3) is 2.70. The lowest BCUT2D eigenvalue weighted by Crippen LogP contribution is -2.36. The summed E-state index contributed by atoms with van der Waals surface area (Å²) in [6.45, 7) is 0.477. The number of halogens is 1. The quantitative estimate of drug-likeness (QED) is 0.834. The SMILES string of the molecule is CN1C(=O)CC(NCc2ccc(Br)cn2)C1=O. The standard InChI is InChI=1S/C11H12BrN3O2/c1-15-10(16)4-9(11(15)17)14-6-8-3-2-7(12)5-13-8/h2-3,5,9,14H,4,6H2,1H3. The molecule has 2 amide bonds. The zero-order chi connectivity index (χ0) is 12.4. The number of carbonyl (C=O) groups excluding carboxylic acids is 2. The summed E-state index contributed by atoms with van der Waals surface area (Å²) >= 11 is 3.30. The van der Waals surface area contributed by atoms with Crippen LogP contribution in [0, 0.1) is 0 Å². The van der Waals surface area contributed by atoms with Crippen molar-refractivity contribution >= 4 is 27.7 Å². The van der Waals surface area contributed by atoms with Gasteiger partial charge in [-0.1, -0.05) is 0 Å². The van der Waals surface area contributed by atoms with Gasteiger partial charge in [0.25, 0.3) is 0 Å². The molecule has 90 valence electrons. The highest BCUT2D eigenvalue weighted by atomic mass is 79.9. The van der Waals surface area contributed by atoms with Gasteiger partial charge in [0.15, 0.2) is 0 Å². The predicted octanol–water partition coefficient (Wildman–Crippen LogP) is 0.691. The first kappa shape index (κ1) is 12.2. The van der Waals surface area contributed by atoms with Crippen LogP contribution in [0.4, 0.5) is 0 Å². The van der Waals surface area contributed by atoms with Gasteiger partial charge < -0.3 is 0 Å². The van der Waals surface area contributed by atoms with Crippen LogP contribution in [0.5, 0.6) is 0 Å². The van der Waals surface area contributed by atoms with Crippen LogP contribution in [-0.2, 0) is 16.1 Å². The number of carbonyl (C=O) groups is 2. The molecule has 1 aliphatic rings. The molecule has 0 bridgehead atoms. The van der Waals surface area contributed by atoms with Crippen LogP contribution >= 0.6 is 15.9 Å². The Morgan fingerprint density at radius 1 is 1.53 bits per heavy atom. The third-order valence-electron chi connectivity index (χ3n) is 2.70. The zero-order valence-electron chi connectivity index (χ0n) is 9.31. The molecule has 0 radical (unpaired) electrons. The summed E-state index contributed by atoms with van der Waals surface area (Å²) in [7, 11) is 1.50. The number of rotatable bonds is 3. The fourth-order valence-electron chi connectivity index (χ4n) is 1.65. The van der Waals surface area contributed by atoms with Gasteiger partial charge in [-0.25, -0.2) is 0 Å². The van der Waals surface area contributed by atoms with Gasteiger partial charge in [-0.2, -0.15) is 0 Å². The van der Waals surface area contributed by atoms with E-state index in [4.69, 9.17) is 0 Å². The maximum atomic E-state index is 11.6. The van der Waals surface area contributed by atoms with Crippen molar-refractivity contribution in [3.05, 3.63) is 28.5 Å². The van der Waals surface area contributed by atoms with Gasteiger partial charge in [-0.3, -0.25) is 24.8 Å². The van der Waals surface area contributed by atoms with E-state index in [1.807, 2.05) is 12.1 Å². The molecule has 5 nitrogen and oxygen atoms in total. The molecule has 2 heterocycles. The monoisotopic (exact) mass is 297 g/mol. The van der Waals surface area contributed by atoms with Crippen LogP contribution in [0.3, 0.4) is 0 Å². The Morgan fingerprint density at radius 3 is 2.82 bits per heavy atom. The van der Waals surface area contributed by atoms with Crippen molar-refractivity contribution in [3.63, 3.8) is 0 Å². The smallest absolute Gasteiger partial charge is 0.246 e. The fraction of sp³-hybridized carbons (Fsp3) is 0.364. The highest BCUT2D eigenvalue weighted by Crippen LogP contribution is 2.12. The first-order valence-electron chi connectivity index (χ1n) is 5.22. The van der Waals surface area contributed by atoms with E-state index in [1.54, 1.807) is 6.20 Å². The van der Waals surface area contributed by atoms with Gasteiger partial charge >= 0.3 is 0 Å². The second kappa shape index (κ2) is 4.93. The molecule has 1 aliphatic heterocycles. The molecule has 0 aromatic carbocycles.